The van der Waals surface area contributed by atoms with Crippen LogP contribution in [0, 0.1) is 6.92 Å². The normalized spacial score (nSPS) is 10.1. The van der Waals surface area contributed by atoms with E-state index in [0.717, 1.165) is 11.4 Å². The fraction of sp³-hybridized carbons (Fsp3) is 0.182. The Hall–Kier alpha value is -2.17. The summed E-state index contributed by atoms with van der Waals surface area (Å²) in [6.07, 6.45) is 5.04. The van der Waals surface area contributed by atoms with Crippen LogP contribution in [0.25, 0.3) is 0 Å². The number of nitrogens with one attached hydrogen (secondary N) is 1. The Kier molecular flexibility index (Phi) is 2.95. The smallest absolute Gasteiger partial charge is 0.246 e. The summed E-state index contributed by atoms with van der Waals surface area (Å²) < 4.78 is 1.60. The number of aromatic nitrogens is 3. The fourth-order valence-electron chi connectivity index (χ4n) is 1.33. The molecule has 82 valence electrons. The highest BCUT2D eigenvalue weighted by molar-refractivity contribution is 5.90. The number of anilines is 1. The van der Waals surface area contributed by atoms with E-state index in [2.05, 4.69) is 15.4 Å². The van der Waals surface area contributed by atoms with Gasteiger partial charge in [-0.25, -0.2) is 0 Å². The van der Waals surface area contributed by atoms with Crippen molar-refractivity contribution in [3.05, 3.63) is 42.5 Å². The Bertz CT molecular complexity index is 478. The largest absolute Gasteiger partial charge is 0.324 e. The molecule has 0 saturated heterocycles. The highest BCUT2D eigenvalue weighted by Crippen LogP contribution is 2.03. The van der Waals surface area contributed by atoms with Gasteiger partial charge in [0, 0.05) is 24.3 Å². The number of amides is 1. The molecule has 0 fully saturated rings. The molecule has 16 heavy (non-hydrogen) atoms. The van der Waals surface area contributed by atoms with Gasteiger partial charge in [0.15, 0.2) is 0 Å². The number of nitrogens with zero attached hydrogens (tertiary/aromatic N) is 3. The lowest BCUT2D eigenvalue weighted by molar-refractivity contribution is -0.116. The van der Waals surface area contributed by atoms with Gasteiger partial charge in [-0.15, -0.1) is 0 Å². The van der Waals surface area contributed by atoms with Crippen molar-refractivity contribution in [1.82, 2.24) is 14.8 Å². The number of carbonyl (C=O) groups is 1. The highest BCUT2D eigenvalue weighted by atomic mass is 16.2. The quantitative estimate of drug-likeness (QED) is 0.839. The number of aryl methyl sites for hydroxylation is 1. The Morgan fingerprint density at radius 3 is 2.75 bits per heavy atom. The minimum Gasteiger partial charge on any atom is -0.324 e. The first-order chi connectivity index (χ1) is 7.74. The van der Waals surface area contributed by atoms with Crippen molar-refractivity contribution in [2.24, 2.45) is 0 Å². The maximum atomic E-state index is 11.6. The predicted molar refractivity (Wildman–Crippen MR) is 59.8 cm³/mol. The van der Waals surface area contributed by atoms with Crippen LogP contribution in [0.4, 0.5) is 5.69 Å². The van der Waals surface area contributed by atoms with Gasteiger partial charge < -0.3 is 5.32 Å². The molecule has 0 spiro atoms. The van der Waals surface area contributed by atoms with Gasteiger partial charge in [-0.05, 0) is 25.1 Å². The Morgan fingerprint density at radius 1 is 1.38 bits per heavy atom. The topological polar surface area (TPSA) is 59.8 Å². The van der Waals surface area contributed by atoms with Crippen molar-refractivity contribution >= 4 is 11.6 Å². The van der Waals surface area contributed by atoms with Gasteiger partial charge >= 0.3 is 0 Å². The number of pyridine rings is 1. The van der Waals surface area contributed by atoms with Crippen molar-refractivity contribution in [1.29, 1.82) is 0 Å². The molecule has 0 saturated carbocycles. The summed E-state index contributed by atoms with van der Waals surface area (Å²) in [5.41, 5.74) is 1.64. The third-order valence-electron chi connectivity index (χ3n) is 2.04. The van der Waals surface area contributed by atoms with E-state index in [-0.39, 0.29) is 12.5 Å². The molecule has 5 nitrogen and oxygen atoms in total. The van der Waals surface area contributed by atoms with E-state index < -0.39 is 0 Å². The molecule has 0 aliphatic heterocycles. The predicted octanol–water partition coefficient (Wildman–Crippen LogP) is 1.23. The highest BCUT2D eigenvalue weighted by Gasteiger charge is 2.03. The van der Waals surface area contributed by atoms with Gasteiger partial charge in [0.05, 0.1) is 5.69 Å². The second-order valence-corrected chi connectivity index (χ2v) is 3.44. The van der Waals surface area contributed by atoms with Crippen molar-refractivity contribution < 1.29 is 4.79 Å². The molecule has 0 radical (unpaired) electrons. The molecule has 1 N–H and O–H groups in total. The van der Waals surface area contributed by atoms with E-state index in [1.54, 1.807) is 35.4 Å². The monoisotopic (exact) mass is 216 g/mol. The van der Waals surface area contributed by atoms with Crippen molar-refractivity contribution in [3.63, 3.8) is 0 Å². The lowest BCUT2D eigenvalue weighted by Crippen LogP contribution is -2.19. The molecule has 2 rings (SSSR count). The molecule has 2 heterocycles. The molecule has 0 unspecified atom stereocenters. The molecule has 2 aromatic rings. The van der Waals surface area contributed by atoms with Crippen LogP contribution in [0.2, 0.25) is 0 Å². The molecule has 1 amide bonds. The van der Waals surface area contributed by atoms with Crippen LogP contribution in [-0.4, -0.2) is 20.7 Å². The van der Waals surface area contributed by atoms with Crippen LogP contribution in [0.15, 0.2) is 36.8 Å². The summed E-state index contributed by atoms with van der Waals surface area (Å²) in [5.74, 6) is -0.102. The standard InChI is InChI=1S/C11H12N4O/c1-9-4-7-15(14-9)8-11(16)13-10-2-5-12-6-3-10/h2-7H,8H2,1H3,(H,12,13,16). The second-order valence-electron chi connectivity index (χ2n) is 3.44. The molecule has 0 aliphatic carbocycles. The van der Waals surface area contributed by atoms with Gasteiger partial charge in [-0.1, -0.05) is 0 Å². The van der Waals surface area contributed by atoms with Crippen LogP contribution >= 0.6 is 0 Å². The van der Waals surface area contributed by atoms with Crippen molar-refractivity contribution in [3.8, 4) is 0 Å². The van der Waals surface area contributed by atoms with Crippen molar-refractivity contribution in [2.75, 3.05) is 5.32 Å². The zero-order valence-corrected chi connectivity index (χ0v) is 8.92. The van der Waals surface area contributed by atoms with Crippen LogP contribution in [-0.2, 0) is 11.3 Å². The average molecular weight is 216 g/mol. The molecule has 0 aliphatic rings. The lowest BCUT2D eigenvalue weighted by atomic mass is 10.4. The van der Waals surface area contributed by atoms with Crippen LogP contribution < -0.4 is 5.32 Å². The van der Waals surface area contributed by atoms with E-state index in [9.17, 15) is 4.79 Å². The minimum absolute atomic E-state index is 0.102. The first-order valence-electron chi connectivity index (χ1n) is 4.94. The van der Waals surface area contributed by atoms with Gasteiger partial charge in [0.25, 0.3) is 0 Å². The zero-order valence-electron chi connectivity index (χ0n) is 8.92. The van der Waals surface area contributed by atoms with Gasteiger partial charge in [-0.2, -0.15) is 5.10 Å². The SMILES string of the molecule is Cc1ccn(CC(=O)Nc2ccncc2)n1. The maximum absolute atomic E-state index is 11.6. The maximum Gasteiger partial charge on any atom is 0.246 e. The molecular weight excluding hydrogens is 204 g/mol. The summed E-state index contributed by atoms with van der Waals surface area (Å²) in [7, 11) is 0. The third kappa shape index (κ3) is 2.66. The number of rotatable bonds is 3. The van der Waals surface area contributed by atoms with Gasteiger partial charge in [-0.3, -0.25) is 14.5 Å². The van der Waals surface area contributed by atoms with E-state index in [4.69, 9.17) is 0 Å². The molecular formula is C11H12N4O. The Labute approximate surface area is 93.1 Å². The van der Waals surface area contributed by atoms with E-state index in [0.29, 0.717) is 0 Å². The Balaban J connectivity index is 1.95. The molecule has 2 aromatic heterocycles. The molecule has 5 heteroatoms. The van der Waals surface area contributed by atoms with Gasteiger partial charge in [0.2, 0.25) is 5.91 Å². The van der Waals surface area contributed by atoms with Crippen molar-refractivity contribution in [2.45, 2.75) is 13.5 Å². The summed E-state index contributed by atoms with van der Waals surface area (Å²) in [4.78, 5) is 15.5. The minimum atomic E-state index is -0.102. The second kappa shape index (κ2) is 4.57. The first-order valence-corrected chi connectivity index (χ1v) is 4.94. The van der Waals surface area contributed by atoms with Crippen LogP contribution in [0.3, 0.4) is 0 Å². The zero-order chi connectivity index (χ0) is 11.4. The van der Waals surface area contributed by atoms with Gasteiger partial charge in [0.1, 0.15) is 6.54 Å². The van der Waals surface area contributed by atoms with E-state index in [1.807, 2.05) is 13.0 Å². The van der Waals surface area contributed by atoms with E-state index >= 15 is 0 Å². The molecule has 0 atom stereocenters. The van der Waals surface area contributed by atoms with E-state index in [1.165, 1.54) is 0 Å². The van der Waals surface area contributed by atoms with Crippen LogP contribution in [0.5, 0.6) is 0 Å². The summed E-state index contributed by atoms with van der Waals surface area (Å²) in [5, 5.41) is 6.90. The summed E-state index contributed by atoms with van der Waals surface area (Å²) >= 11 is 0. The lowest BCUT2D eigenvalue weighted by Gasteiger charge is -2.04. The summed E-state index contributed by atoms with van der Waals surface area (Å²) in [6, 6.07) is 5.35. The number of hydrogen-bond acceptors (Lipinski definition) is 3. The van der Waals surface area contributed by atoms with Crippen LogP contribution in [0.1, 0.15) is 5.69 Å². The first kappa shape index (κ1) is 10.4. The molecule has 0 bridgehead atoms. The third-order valence-corrected chi connectivity index (χ3v) is 2.04. The molecule has 0 aromatic carbocycles. The number of hydrogen-bond donors (Lipinski definition) is 1. The Morgan fingerprint density at radius 2 is 2.12 bits per heavy atom. The number of carbonyl (C=O) groups excluding carboxylic acids is 1. The fourth-order valence-corrected chi connectivity index (χ4v) is 1.33. The average Bonchev–Trinajstić information content (AvgIpc) is 2.65. The summed E-state index contributed by atoms with van der Waals surface area (Å²) in [6.45, 7) is 2.10.